The topological polar surface area (TPSA) is 66.5 Å². The maximum absolute atomic E-state index is 12.3. The first kappa shape index (κ1) is 20.6. The van der Waals surface area contributed by atoms with Gasteiger partial charge >= 0.3 is 6.03 Å². The van der Waals surface area contributed by atoms with Gasteiger partial charge < -0.3 is 15.0 Å². The maximum atomic E-state index is 12.3. The minimum atomic E-state index is -0.189. The van der Waals surface area contributed by atoms with Gasteiger partial charge in [-0.05, 0) is 63.0 Å². The molecule has 1 fully saturated rings. The van der Waals surface area contributed by atoms with E-state index in [0.717, 1.165) is 47.8 Å². The van der Waals surface area contributed by atoms with E-state index in [9.17, 15) is 4.79 Å². The van der Waals surface area contributed by atoms with E-state index in [0.29, 0.717) is 18.3 Å². The number of rotatable bonds is 6. The number of likely N-dealkylation sites (N-methyl/N-ethyl adjacent to an activating group) is 1. The van der Waals surface area contributed by atoms with Gasteiger partial charge in [-0.15, -0.1) is 11.3 Å². The van der Waals surface area contributed by atoms with Crippen molar-refractivity contribution in [1.82, 2.24) is 15.2 Å². The highest BCUT2D eigenvalue weighted by atomic mass is 32.1. The average Bonchev–Trinajstić information content (AvgIpc) is 3.08. The van der Waals surface area contributed by atoms with Gasteiger partial charge in [0.25, 0.3) is 0 Å². The fourth-order valence-corrected chi connectivity index (χ4v) is 4.04. The first-order chi connectivity index (χ1) is 13.4. The Morgan fingerprint density at radius 3 is 2.96 bits per heavy atom. The Balaban J connectivity index is 1.59. The third kappa shape index (κ3) is 5.69. The zero-order chi connectivity index (χ0) is 20.1. The van der Waals surface area contributed by atoms with E-state index in [1.165, 1.54) is 11.3 Å². The van der Waals surface area contributed by atoms with Gasteiger partial charge in [-0.3, -0.25) is 5.32 Å². The number of hydrogen-bond donors (Lipinski definition) is 2. The molecule has 0 spiro atoms. The number of benzene rings is 1. The van der Waals surface area contributed by atoms with Gasteiger partial charge in [0.2, 0.25) is 0 Å². The Morgan fingerprint density at radius 2 is 2.25 bits per heavy atom. The number of hydrogen-bond acceptors (Lipinski definition) is 5. The van der Waals surface area contributed by atoms with Crippen LogP contribution in [0.15, 0.2) is 23.6 Å². The molecule has 0 unspecified atom stereocenters. The lowest BCUT2D eigenvalue weighted by atomic mass is 10.1. The molecule has 0 saturated carbocycles. The fourth-order valence-electron chi connectivity index (χ4n) is 3.29. The number of amides is 2. The van der Waals surface area contributed by atoms with Crippen LogP contribution in [0.2, 0.25) is 0 Å². The Bertz CT molecular complexity index is 805. The van der Waals surface area contributed by atoms with Gasteiger partial charge in [0.1, 0.15) is 16.6 Å². The summed E-state index contributed by atoms with van der Waals surface area (Å²) in [6.45, 7) is 9.00. The smallest absolute Gasteiger partial charge is 0.320 e. The summed E-state index contributed by atoms with van der Waals surface area (Å²) in [5.41, 5.74) is 2.11. The molecule has 1 aromatic heterocycles. The number of carbonyl (C=O) groups excluding carboxylic acids is 1. The highest BCUT2D eigenvalue weighted by Crippen LogP contribution is 2.30. The van der Waals surface area contributed by atoms with Crippen molar-refractivity contribution in [2.45, 2.75) is 39.7 Å². The van der Waals surface area contributed by atoms with Crippen LogP contribution in [0.5, 0.6) is 5.75 Å². The number of aromatic nitrogens is 1. The predicted octanol–water partition coefficient (Wildman–Crippen LogP) is 4.37. The zero-order valence-electron chi connectivity index (χ0n) is 17.1. The molecule has 1 aliphatic heterocycles. The fraction of sp³-hybridized carbons (Fsp3) is 0.524. The first-order valence-corrected chi connectivity index (χ1v) is 10.7. The quantitative estimate of drug-likeness (QED) is 0.753. The largest absolute Gasteiger partial charge is 0.493 e. The number of anilines is 1. The number of carbonyl (C=O) groups is 1. The van der Waals surface area contributed by atoms with Crippen LogP contribution in [0.4, 0.5) is 10.6 Å². The Labute approximate surface area is 171 Å². The van der Waals surface area contributed by atoms with E-state index in [1.807, 2.05) is 24.4 Å². The predicted molar refractivity (Wildman–Crippen MR) is 115 cm³/mol. The van der Waals surface area contributed by atoms with Gasteiger partial charge in [0, 0.05) is 23.5 Å². The van der Waals surface area contributed by atoms with E-state index in [1.54, 1.807) is 0 Å². The number of thiazole rings is 1. The number of ether oxygens (including phenoxy) is 1. The molecular weight excluding hydrogens is 372 g/mol. The van der Waals surface area contributed by atoms with Crippen LogP contribution < -0.4 is 15.4 Å². The monoisotopic (exact) mass is 402 g/mol. The Kier molecular flexibility index (Phi) is 6.91. The number of nitrogens with one attached hydrogen (secondary N) is 2. The van der Waals surface area contributed by atoms with Crippen LogP contribution in [0.3, 0.4) is 0 Å². The number of nitrogens with zero attached hydrogens (tertiary/aromatic N) is 2. The lowest BCUT2D eigenvalue weighted by molar-refractivity contribution is 0.216. The molecule has 152 valence electrons. The number of aryl methyl sites for hydroxylation is 1. The molecule has 3 rings (SSSR count). The SMILES string of the molecule is Cc1cc(-c2nc(NC(=O)N[C@H]3CCCN(C)C3)cs2)ccc1OCC(C)C. The molecule has 1 aliphatic rings. The van der Waals surface area contributed by atoms with E-state index >= 15 is 0 Å². The molecule has 7 heteroatoms. The number of urea groups is 1. The van der Waals surface area contributed by atoms with Gasteiger partial charge in [0.05, 0.1) is 6.61 Å². The van der Waals surface area contributed by atoms with Crippen LogP contribution >= 0.6 is 11.3 Å². The minimum Gasteiger partial charge on any atom is -0.493 e. The summed E-state index contributed by atoms with van der Waals surface area (Å²) < 4.78 is 5.84. The summed E-state index contributed by atoms with van der Waals surface area (Å²) in [6.07, 6.45) is 2.13. The van der Waals surface area contributed by atoms with E-state index < -0.39 is 0 Å². The summed E-state index contributed by atoms with van der Waals surface area (Å²) in [6, 6.07) is 6.09. The molecule has 1 aromatic carbocycles. The van der Waals surface area contributed by atoms with Crippen molar-refractivity contribution in [3.05, 3.63) is 29.1 Å². The standard InChI is InChI=1S/C21H30N4O2S/c1-14(2)12-27-18-8-7-16(10-15(18)3)20-23-19(13-28-20)24-21(26)22-17-6-5-9-25(4)11-17/h7-8,10,13-14,17H,5-6,9,11-12H2,1-4H3,(H2,22,24,26)/t17-/m0/s1. The van der Waals surface area contributed by atoms with Crippen LogP contribution in [-0.2, 0) is 0 Å². The van der Waals surface area contributed by atoms with Crippen LogP contribution in [0, 0.1) is 12.8 Å². The van der Waals surface area contributed by atoms with Gasteiger partial charge in [0.15, 0.2) is 0 Å². The molecule has 2 amide bonds. The molecule has 0 bridgehead atoms. The van der Waals surface area contributed by atoms with Crippen molar-refractivity contribution in [2.24, 2.45) is 5.92 Å². The summed E-state index contributed by atoms with van der Waals surface area (Å²) >= 11 is 1.52. The van der Waals surface area contributed by atoms with Crippen molar-refractivity contribution in [1.29, 1.82) is 0 Å². The third-order valence-electron chi connectivity index (χ3n) is 4.70. The van der Waals surface area contributed by atoms with Gasteiger partial charge in [-0.2, -0.15) is 0 Å². The molecule has 2 N–H and O–H groups in total. The van der Waals surface area contributed by atoms with Gasteiger partial charge in [-0.25, -0.2) is 9.78 Å². The lowest BCUT2D eigenvalue weighted by Gasteiger charge is -2.30. The molecule has 0 radical (unpaired) electrons. The van der Waals surface area contributed by atoms with Crippen LogP contribution in [-0.4, -0.2) is 48.7 Å². The summed E-state index contributed by atoms with van der Waals surface area (Å²) in [4.78, 5) is 19.1. The van der Waals surface area contributed by atoms with Crippen LogP contribution in [0.25, 0.3) is 10.6 Å². The second-order valence-electron chi connectivity index (χ2n) is 7.92. The molecule has 6 nitrogen and oxygen atoms in total. The number of piperidine rings is 1. The molecule has 28 heavy (non-hydrogen) atoms. The molecule has 1 saturated heterocycles. The lowest BCUT2D eigenvalue weighted by Crippen LogP contribution is -2.47. The van der Waals surface area contributed by atoms with Crippen molar-refractivity contribution < 1.29 is 9.53 Å². The van der Waals surface area contributed by atoms with Crippen molar-refractivity contribution in [3.8, 4) is 16.3 Å². The van der Waals surface area contributed by atoms with Crippen molar-refractivity contribution in [2.75, 3.05) is 32.1 Å². The van der Waals surface area contributed by atoms with E-state index in [-0.39, 0.29) is 12.1 Å². The molecule has 2 heterocycles. The third-order valence-corrected chi connectivity index (χ3v) is 5.59. The minimum absolute atomic E-state index is 0.189. The normalized spacial score (nSPS) is 17.5. The Morgan fingerprint density at radius 1 is 1.43 bits per heavy atom. The highest BCUT2D eigenvalue weighted by molar-refractivity contribution is 7.13. The van der Waals surface area contributed by atoms with Crippen molar-refractivity contribution >= 4 is 23.2 Å². The molecule has 1 atom stereocenters. The summed E-state index contributed by atoms with van der Waals surface area (Å²) in [5, 5.41) is 8.66. The van der Waals surface area contributed by atoms with Gasteiger partial charge in [-0.1, -0.05) is 13.8 Å². The second kappa shape index (κ2) is 9.39. The number of likely N-dealkylation sites (tertiary alicyclic amines) is 1. The average molecular weight is 403 g/mol. The molecule has 2 aromatic rings. The van der Waals surface area contributed by atoms with E-state index in [2.05, 4.69) is 47.5 Å². The molecule has 0 aliphatic carbocycles. The second-order valence-corrected chi connectivity index (χ2v) is 8.78. The van der Waals surface area contributed by atoms with E-state index in [4.69, 9.17) is 4.74 Å². The first-order valence-electron chi connectivity index (χ1n) is 9.86. The van der Waals surface area contributed by atoms with Crippen molar-refractivity contribution in [3.63, 3.8) is 0 Å². The zero-order valence-corrected chi connectivity index (χ0v) is 17.9. The van der Waals surface area contributed by atoms with Crippen LogP contribution in [0.1, 0.15) is 32.3 Å². The summed E-state index contributed by atoms with van der Waals surface area (Å²) in [5.74, 6) is 1.98. The maximum Gasteiger partial charge on any atom is 0.320 e. The highest BCUT2D eigenvalue weighted by Gasteiger charge is 2.19. The Hall–Kier alpha value is -2.12. The molecular formula is C21H30N4O2S. The summed E-state index contributed by atoms with van der Waals surface area (Å²) in [7, 11) is 2.08.